The van der Waals surface area contributed by atoms with Crippen LogP contribution in [0, 0.1) is 17.0 Å². The molecular formula is C25H22ClN5O2. The largest absolute Gasteiger partial charge is 0.353 e. The van der Waals surface area contributed by atoms with Gasteiger partial charge in [0.25, 0.3) is 0 Å². The fourth-order valence-electron chi connectivity index (χ4n) is 3.57. The minimum absolute atomic E-state index is 0.126. The molecule has 0 atom stereocenters. The first-order valence-corrected chi connectivity index (χ1v) is 10.7. The summed E-state index contributed by atoms with van der Waals surface area (Å²) < 4.78 is 0. The second-order valence-electron chi connectivity index (χ2n) is 7.56. The lowest BCUT2D eigenvalue weighted by Gasteiger charge is -2.24. The number of halogens is 1. The maximum atomic E-state index is 12.2. The smallest absolute Gasteiger partial charge is 0.342 e. The fraction of sp³-hybridized carbons (Fsp3) is 0.120. The molecule has 0 bridgehead atoms. The van der Waals surface area contributed by atoms with Crippen molar-refractivity contribution in [3.05, 3.63) is 117 Å². The van der Waals surface area contributed by atoms with Gasteiger partial charge in [0.2, 0.25) is 11.6 Å². The fourth-order valence-corrected chi connectivity index (χ4v) is 3.80. The predicted molar refractivity (Wildman–Crippen MR) is 131 cm³/mol. The second-order valence-corrected chi connectivity index (χ2v) is 8.00. The topological polar surface area (TPSA) is 84.2 Å². The Hall–Kier alpha value is -3.97. The van der Waals surface area contributed by atoms with Crippen molar-refractivity contribution in [1.29, 1.82) is 0 Å². The van der Waals surface area contributed by atoms with Gasteiger partial charge in [0.15, 0.2) is 0 Å². The van der Waals surface area contributed by atoms with E-state index in [2.05, 4.69) is 15.3 Å². The summed E-state index contributed by atoms with van der Waals surface area (Å²) in [5, 5.41) is 15.9. The summed E-state index contributed by atoms with van der Waals surface area (Å²) in [6, 6.07) is 24.9. The lowest BCUT2D eigenvalue weighted by atomic mass is 10.1. The van der Waals surface area contributed by atoms with Crippen molar-refractivity contribution >= 4 is 34.6 Å². The van der Waals surface area contributed by atoms with Crippen LogP contribution in [0.5, 0.6) is 0 Å². The van der Waals surface area contributed by atoms with Crippen LogP contribution in [-0.2, 0) is 13.1 Å². The van der Waals surface area contributed by atoms with Crippen molar-refractivity contribution in [3.8, 4) is 0 Å². The number of nitro groups is 1. The normalized spacial score (nSPS) is 10.6. The van der Waals surface area contributed by atoms with Crippen LogP contribution in [0.3, 0.4) is 0 Å². The third-order valence-electron chi connectivity index (χ3n) is 5.16. The minimum Gasteiger partial charge on any atom is -0.342 e. The first kappa shape index (κ1) is 22.2. The van der Waals surface area contributed by atoms with Gasteiger partial charge < -0.3 is 10.2 Å². The molecule has 3 aromatic carbocycles. The average molecular weight is 460 g/mol. The van der Waals surface area contributed by atoms with E-state index in [1.165, 1.54) is 6.33 Å². The molecule has 0 fully saturated rings. The van der Waals surface area contributed by atoms with Crippen LogP contribution in [0.1, 0.15) is 16.7 Å². The van der Waals surface area contributed by atoms with Gasteiger partial charge in [0.05, 0.1) is 4.92 Å². The Morgan fingerprint density at radius 3 is 2.09 bits per heavy atom. The van der Waals surface area contributed by atoms with Crippen molar-refractivity contribution in [2.24, 2.45) is 0 Å². The molecule has 0 aliphatic heterocycles. The Bertz CT molecular complexity index is 1210. The van der Waals surface area contributed by atoms with E-state index in [0.717, 1.165) is 16.7 Å². The van der Waals surface area contributed by atoms with Crippen LogP contribution in [-0.4, -0.2) is 14.9 Å². The van der Waals surface area contributed by atoms with Crippen LogP contribution in [0.25, 0.3) is 0 Å². The number of aromatic nitrogens is 2. The molecular weight excluding hydrogens is 438 g/mol. The SMILES string of the molecule is Cc1cc(Cl)ccc1Nc1ncnc(N(Cc2ccccc2)Cc2ccccc2)c1[N+](=O)[O-]. The lowest BCUT2D eigenvalue weighted by molar-refractivity contribution is -0.383. The number of rotatable bonds is 8. The molecule has 0 saturated carbocycles. The minimum atomic E-state index is -0.439. The maximum Gasteiger partial charge on any atom is 0.353 e. The highest BCUT2D eigenvalue weighted by Gasteiger charge is 2.28. The van der Waals surface area contributed by atoms with Crippen LogP contribution in [0.2, 0.25) is 5.02 Å². The Morgan fingerprint density at radius 2 is 1.55 bits per heavy atom. The maximum absolute atomic E-state index is 12.2. The quantitative estimate of drug-likeness (QED) is 0.246. The van der Waals surface area contributed by atoms with E-state index in [-0.39, 0.29) is 17.3 Å². The van der Waals surface area contributed by atoms with Gasteiger partial charge in [-0.3, -0.25) is 10.1 Å². The molecule has 0 radical (unpaired) electrons. The van der Waals surface area contributed by atoms with Gasteiger partial charge in [-0.1, -0.05) is 72.3 Å². The van der Waals surface area contributed by atoms with E-state index in [4.69, 9.17) is 11.6 Å². The summed E-state index contributed by atoms with van der Waals surface area (Å²) in [6.07, 6.45) is 1.35. The second kappa shape index (κ2) is 10.1. The molecule has 1 heterocycles. The van der Waals surface area contributed by atoms with Gasteiger partial charge >= 0.3 is 5.69 Å². The predicted octanol–water partition coefficient (Wildman–Crippen LogP) is 6.30. The van der Waals surface area contributed by atoms with Crippen molar-refractivity contribution < 1.29 is 4.92 Å². The molecule has 0 aliphatic carbocycles. The highest BCUT2D eigenvalue weighted by atomic mass is 35.5. The molecule has 0 saturated heterocycles. The summed E-state index contributed by atoms with van der Waals surface area (Å²) >= 11 is 6.05. The van der Waals surface area contributed by atoms with Gasteiger partial charge in [-0.15, -0.1) is 0 Å². The zero-order valence-corrected chi connectivity index (χ0v) is 18.7. The van der Waals surface area contributed by atoms with Crippen molar-refractivity contribution in [1.82, 2.24) is 9.97 Å². The standard InChI is InChI=1S/C25H22ClN5O2/c1-18-14-21(26)12-13-22(18)29-24-23(31(32)33)25(28-17-27-24)30(15-19-8-4-2-5-9-19)16-20-10-6-3-7-11-20/h2-14,17H,15-16H2,1H3,(H,27,28,29). The van der Waals surface area contributed by atoms with Crippen LogP contribution in [0.4, 0.5) is 23.0 Å². The molecule has 0 aliphatic rings. The van der Waals surface area contributed by atoms with Crippen LogP contribution >= 0.6 is 11.6 Å². The summed E-state index contributed by atoms with van der Waals surface area (Å²) in [7, 11) is 0. The van der Waals surface area contributed by atoms with Crippen molar-refractivity contribution in [2.45, 2.75) is 20.0 Å². The van der Waals surface area contributed by atoms with Crippen molar-refractivity contribution in [3.63, 3.8) is 0 Å². The number of anilines is 3. The molecule has 7 nitrogen and oxygen atoms in total. The average Bonchev–Trinajstić information content (AvgIpc) is 2.81. The third kappa shape index (κ3) is 5.45. The Kier molecular flexibility index (Phi) is 6.80. The number of hydrogen-bond acceptors (Lipinski definition) is 6. The summed E-state index contributed by atoms with van der Waals surface area (Å²) in [5.74, 6) is 0.373. The molecule has 4 rings (SSSR count). The summed E-state index contributed by atoms with van der Waals surface area (Å²) in [4.78, 5) is 22.2. The zero-order chi connectivity index (χ0) is 23.2. The number of nitrogens with zero attached hydrogens (tertiary/aromatic N) is 4. The Morgan fingerprint density at radius 1 is 0.939 bits per heavy atom. The third-order valence-corrected chi connectivity index (χ3v) is 5.39. The summed E-state index contributed by atoms with van der Waals surface area (Å²) in [5.41, 5.74) is 3.39. The molecule has 8 heteroatoms. The molecule has 0 amide bonds. The van der Waals surface area contributed by atoms with Crippen LogP contribution < -0.4 is 10.2 Å². The van der Waals surface area contributed by atoms with E-state index in [1.54, 1.807) is 18.2 Å². The van der Waals surface area contributed by atoms with Crippen LogP contribution in [0.15, 0.2) is 85.2 Å². The van der Waals surface area contributed by atoms with Crippen molar-refractivity contribution in [2.75, 3.05) is 10.2 Å². The number of hydrogen-bond donors (Lipinski definition) is 1. The van der Waals surface area contributed by atoms with Gasteiger partial charge in [0.1, 0.15) is 6.33 Å². The highest BCUT2D eigenvalue weighted by Crippen LogP contribution is 2.36. The summed E-state index contributed by atoms with van der Waals surface area (Å²) in [6.45, 7) is 2.78. The number of nitrogens with one attached hydrogen (secondary N) is 1. The molecule has 1 aromatic heterocycles. The van der Waals surface area contributed by atoms with Gasteiger partial charge in [-0.05, 0) is 41.8 Å². The first-order valence-electron chi connectivity index (χ1n) is 10.4. The molecule has 4 aromatic rings. The van der Waals surface area contributed by atoms with E-state index >= 15 is 0 Å². The van der Waals surface area contributed by atoms with Gasteiger partial charge in [-0.2, -0.15) is 0 Å². The highest BCUT2D eigenvalue weighted by molar-refractivity contribution is 6.30. The van der Waals surface area contributed by atoms with E-state index < -0.39 is 4.92 Å². The van der Waals surface area contributed by atoms with E-state index in [0.29, 0.717) is 23.8 Å². The Balaban J connectivity index is 1.76. The number of aryl methyl sites for hydroxylation is 1. The monoisotopic (exact) mass is 459 g/mol. The van der Waals surface area contributed by atoms with E-state index in [1.807, 2.05) is 72.5 Å². The molecule has 0 unspecified atom stereocenters. The van der Waals surface area contributed by atoms with E-state index in [9.17, 15) is 10.1 Å². The first-order chi connectivity index (χ1) is 16.0. The Labute approximate surface area is 196 Å². The van der Waals surface area contributed by atoms with Gasteiger partial charge in [0, 0.05) is 23.8 Å². The molecule has 0 spiro atoms. The number of benzene rings is 3. The lowest BCUT2D eigenvalue weighted by Crippen LogP contribution is -2.24. The molecule has 33 heavy (non-hydrogen) atoms. The van der Waals surface area contributed by atoms with Gasteiger partial charge in [-0.25, -0.2) is 9.97 Å². The molecule has 166 valence electrons. The molecule has 1 N–H and O–H groups in total. The zero-order valence-electron chi connectivity index (χ0n) is 18.0.